The van der Waals surface area contributed by atoms with Gasteiger partial charge >= 0.3 is 5.69 Å². The van der Waals surface area contributed by atoms with Crippen LogP contribution in [0.5, 0.6) is 5.75 Å². The molecule has 0 bridgehead atoms. The lowest BCUT2D eigenvalue weighted by atomic mass is 10.3. The van der Waals surface area contributed by atoms with Crippen molar-refractivity contribution in [2.45, 2.75) is 11.3 Å². The fraction of sp³-hybridized carbons (Fsp3) is 0.455. The first-order valence-electron chi connectivity index (χ1n) is 5.84. The van der Waals surface area contributed by atoms with Gasteiger partial charge in [0, 0.05) is 20.2 Å². The molecule has 0 heterocycles. The quantitative estimate of drug-likeness (QED) is 0.447. The molecule has 0 atom stereocenters. The molecule has 0 radical (unpaired) electrons. The number of hydrogen-bond acceptors (Lipinski definition) is 6. The van der Waals surface area contributed by atoms with Crippen LogP contribution in [0.15, 0.2) is 23.1 Å². The number of nitro benzene ring substituents is 1. The monoisotopic (exact) mass is 303 g/mol. The smallest absolute Gasteiger partial charge is 0.312 e. The van der Waals surface area contributed by atoms with E-state index in [-0.39, 0.29) is 22.9 Å². The van der Waals surface area contributed by atoms with Crippen LogP contribution in [-0.4, -0.2) is 44.9 Å². The highest BCUT2D eigenvalue weighted by Crippen LogP contribution is 2.30. The SMILES string of the molecule is CN(C)S(=O)(=O)c1ccc(OCCCN)c([N+](=O)[O-])c1. The molecule has 2 N–H and O–H groups in total. The van der Waals surface area contributed by atoms with Crippen LogP contribution >= 0.6 is 0 Å². The van der Waals surface area contributed by atoms with Gasteiger partial charge in [-0.3, -0.25) is 10.1 Å². The van der Waals surface area contributed by atoms with Crippen LogP contribution < -0.4 is 10.5 Å². The van der Waals surface area contributed by atoms with Crippen molar-refractivity contribution in [1.82, 2.24) is 4.31 Å². The molecular formula is C11H17N3O5S. The first-order chi connectivity index (χ1) is 9.30. The van der Waals surface area contributed by atoms with E-state index in [1.807, 2.05) is 0 Å². The zero-order valence-corrected chi connectivity index (χ0v) is 12.1. The zero-order chi connectivity index (χ0) is 15.3. The molecule has 9 heteroatoms. The zero-order valence-electron chi connectivity index (χ0n) is 11.3. The van der Waals surface area contributed by atoms with Gasteiger partial charge in [0.15, 0.2) is 5.75 Å². The molecule has 8 nitrogen and oxygen atoms in total. The minimum absolute atomic E-state index is 0.0288. The lowest BCUT2D eigenvalue weighted by molar-refractivity contribution is -0.386. The molecule has 0 amide bonds. The van der Waals surface area contributed by atoms with Crippen LogP contribution in [0.4, 0.5) is 5.69 Å². The predicted octanol–water partition coefficient (Wildman–Crippen LogP) is 0.573. The van der Waals surface area contributed by atoms with Crippen molar-refractivity contribution < 1.29 is 18.1 Å². The highest BCUT2D eigenvalue weighted by molar-refractivity contribution is 7.89. The van der Waals surface area contributed by atoms with E-state index >= 15 is 0 Å². The second-order valence-corrected chi connectivity index (χ2v) is 6.32. The van der Waals surface area contributed by atoms with E-state index in [2.05, 4.69) is 0 Å². The number of benzene rings is 1. The van der Waals surface area contributed by atoms with E-state index in [1.165, 1.54) is 26.2 Å². The minimum Gasteiger partial charge on any atom is -0.487 e. The van der Waals surface area contributed by atoms with Crippen molar-refractivity contribution in [2.75, 3.05) is 27.2 Å². The van der Waals surface area contributed by atoms with Gasteiger partial charge in [-0.2, -0.15) is 0 Å². The molecule has 0 fully saturated rings. The van der Waals surface area contributed by atoms with E-state index in [4.69, 9.17) is 10.5 Å². The lowest BCUT2D eigenvalue weighted by Crippen LogP contribution is -2.22. The summed E-state index contributed by atoms with van der Waals surface area (Å²) < 4.78 is 30.1. The lowest BCUT2D eigenvalue weighted by Gasteiger charge is -2.12. The van der Waals surface area contributed by atoms with Crippen LogP contribution in [0.1, 0.15) is 6.42 Å². The Morgan fingerprint density at radius 2 is 2.05 bits per heavy atom. The van der Waals surface area contributed by atoms with Crippen LogP contribution in [0.3, 0.4) is 0 Å². The summed E-state index contributed by atoms with van der Waals surface area (Å²) in [6, 6.07) is 3.55. The minimum atomic E-state index is -3.72. The fourth-order valence-electron chi connectivity index (χ4n) is 1.40. The Labute approximate surface area is 117 Å². The highest BCUT2D eigenvalue weighted by atomic mass is 32.2. The Balaban J connectivity index is 3.17. The van der Waals surface area contributed by atoms with E-state index in [0.29, 0.717) is 13.0 Å². The average molecular weight is 303 g/mol. The fourth-order valence-corrected chi connectivity index (χ4v) is 2.32. The van der Waals surface area contributed by atoms with E-state index < -0.39 is 14.9 Å². The summed E-state index contributed by atoms with van der Waals surface area (Å²) in [6.07, 6.45) is 0.550. The molecule has 1 aromatic rings. The van der Waals surface area contributed by atoms with E-state index in [1.54, 1.807) is 0 Å². The van der Waals surface area contributed by atoms with Gasteiger partial charge in [-0.25, -0.2) is 12.7 Å². The standard InChI is InChI=1S/C11H17N3O5S/c1-13(2)20(17,18)9-4-5-11(19-7-3-6-12)10(8-9)14(15)16/h4-5,8H,3,6-7,12H2,1-2H3. The third-order valence-corrected chi connectivity index (χ3v) is 4.32. The molecule has 0 aliphatic carbocycles. The second kappa shape index (κ2) is 6.64. The summed E-state index contributed by atoms with van der Waals surface area (Å²) in [5.74, 6) is 0.0288. The molecule has 112 valence electrons. The maximum Gasteiger partial charge on any atom is 0.312 e. The molecule has 0 unspecified atom stereocenters. The van der Waals surface area contributed by atoms with Crippen molar-refractivity contribution in [3.8, 4) is 5.75 Å². The third-order valence-electron chi connectivity index (χ3n) is 2.51. The summed E-state index contributed by atoms with van der Waals surface area (Å²) in [6.45, 7) is 0.637. The van der Waals surface area contributed by atoms with Gasteiger partial charge in [-0.15, -0.1) is 0 Å². The topological polar surface area (TPSA) is 116 Å². The maximum absolute atomic E-state index is 11.9. The number of ether oxygens (including phenoxy) is 1. The second-order valence-electron chi connectivity index (χ2n) is 4.16. The van der Waals surface area contributed by atoms with Gasteiger partial charge < -0.3 is 10.5 Å². The number of hydrogen-bond donors (Lipinski definition) is 1. The predicted molar refractivity (Wildman–Crippen MR) is 73.1 cm³/mol. The number of sulfonamides is 1. The van der Waals surface area contributed by atoms with Crippen molar-refractivity contribution >= 4 is 15.7 Å². The first-order valence-corrected chi connectivity index (χ1v) is 7.28. The summed E-state index contributed by atoms with van der Waals surface area (Å²) >= 11 is 0. The Bertz CT molecular complexity index is 586. The highest BCUT2D eigenvalue weighted by Gasteiger charge is 2.23. The van der Waals surface area contributed by atoms with Gasteiger partial charge in [0.2, 0.25) is 10.0 Å². The number of nitrogens with two attached hydrogens (primary N) is 1. The van der Waals surface area contributed by atoms with Gasteiger partial charge in [-0.05, 0) is 25.1 Å². The summed E-state index contributed by atoms with van der Waals surface area (Å²) in [5.41, 5.74) is 4.92. The molecule has 0 saturated carbocycles. The van der Waals surface area contributed by atoms with Gasteiger partial charge in [0.25, 0.3) is 0 Å². The third kappa shape index (κ3) is 3.65. The van der Waals surface area contributed by atoms with E-state index in [0.717, 1.165) is 10.4 Å². The van der Waals surface area contributed by atoms with Crippen molar-refractivity contribution in [1.29, 1.82) is 0 Å². The van der Waals surface area contributed by atoms with Crippen LogP contribution in [0.25, 0.3) is 0 Å². The Morgan fingerprint density at radius 1 is 1.40 bits per heavy atom. The largest absolute Gasteiger partial charge is 0.487 e. The molecule has 0 spiro atoms. The van der Waals surface area contributed by atoms with Gasteiger partial charge in [0.05, 0.1) is 16.4 Å². The number of nitro groups is 1. The molecule has 1 aromatic carbocycles. The average Bonchev–Trinajstić information content (AvgIpc) is 2.38. The molecular weight excluding hydrogens is 286 g/mol. The number of rotatable bonds is 7. The van der Waals surface area contributed by atoms with Crippen molar-refractivity contribution in [3.63, 3.8) is 0 Å². The van der Waals surface area contributed by atoms with Crippen LogP contribution in [0.2, 0.25) is 0 Å². The van der Waals surface area contributed by atoms with Crippen molar-refractivity contribution in [2.24, 2.45) is 5.73 Å². The molecule has 0 saturated heterocycles. The van der Waals surface area contributed by atoms with E-state index in [9.17, 15) is 18.5 Å². The Morgan fingerprint density at radius 3 is 2.55 bits per heavy atom. The molecule has 1 rings (SSSR count). The van der Waals surface area contributed by atoms with Gasteiger partial charge in [-0.1, -0.05) is 0 Å². The Hall–Kier alpha value is -1.71. The first kappa shape index (κ1) is 16.3. The number of nitrogens with zero attached hydrogens (tertiary/aromatic N) is 2. The summed E-state index contributed by atoms with van der Waals surface area (Å²) in [5, 5.41) is 11.0. The molecule has 0 aliphatic heterocycles. The Kier molecular flexibility index (Phi) is 5.43. The summed E-state index contributed by atoms with van der Waals surface area (Å²) in [4.78, 5) is 10.2. The molecule has 20 heavy (non-hydrogen) atoms. The van der Waals surface area contributed by atoms with Gasteiger partial charge in [0.1, 0.15) is 0 Å². The maximum atomic E-state index is 11.9. The molecule has 0 aromatic heterocycles. The van der Waals surface area contributed by atoms with Crippen LogP contribution in [-0.2, 0) is 10.0 Å². The summed E-state index contributed by atoms with van der Waals surface area (Å²) in [7, 11) is -1.01. The normalized spacial score (nSPS) is 11.6. The van der Waals surface area contributed by atoms with Crippen molar-refractivity contribution in [3.05, 3.63) is 28.3 Å². The molecule has 0 aliphatic rings. The van der Waals surface area contributed by atoms with Crippen LogP contribution in [0, 0.1) is 10.1 Å².